The van der Waals surface area contributed by atoms with E-state index in [1.807, 2.05) is 0 Å². The second kappa shape index (κ2) is 9.11. The van der Waals surface area contributed by atoms with Crippen LogP contribution in [0.15, 0.2) is 18.2 Å². The molecule has 0 aromatic heterocycles. The van der Waals surface area contributed by atoms with E-state index >= 15 is 0 Å². The number of rotatable bonds is 9. The number of hydrogen-bond acceptors (Lipinski definition) is 3. The van der Waals surface area contributed by atoms with Gasteiger partial charge in [0.25, 0.3) is 0 Å². The Hall–Kier alpha value is -0.900. The average Bonchev–Trinajstić information content (AvgIpc) is 2.38. The molecular formula is C17H30N2O. The third kappa shape index (κ3) is 6.04. The molecule has 0 aliphatic carbocycles. The summed E-state index contributed by atoms with van der Waals surface area (Å²) in [5, 5.41) is 12.6. The number of nitrogens with zero attached hydrogens (tertiary/aromatic N) is 1. The molecule has 1 aromatic rings. The van der Waals surface area contributed by atoms with Crippen LogP contribution in [-0.4, -0.2) is 43.3 Å². The topological polar surface area (TPSA) is 35.5 Å². The van der Waals surface area contributed by atoms with Gasteiger partial charge in [-0.3, -0.25) is 0 Å². The minimum absolute atomic E-state index is 0.229. The second-order valence-electron chi connectivity index (χ2n) is 5.74. The van der Waals surface area contributed by atoms with Crippen molar-refractivity contribution in [3.63, 3.8) is 0 Å². The first kappa shape index (κ1) is 17.2. The molecule has 0 aliphatic heterocycles. The van der Waals surface area contributed by atoms with E-state index in [0.717, 1.165) is 32.5 Å². The van der Waals surface area contributed by atoms with E-state index in [1.165, 1.54) is 16.7 Å². The zero-order chi connectivity index (χ0) is 15.0. The van der Waals surface area contributed by atoms with Crippen molar-refractivity contribution in [3.8, 4) is 0 Å². The molecule has 0 bridgehead atoms. The molecule has 0 amide bonds. The van der Waals surface area contributed by atoms with Crippen LogP contribution in [0.2, 0.25) is 0 Å². The molecule has 0 aliphatic rings. The molecule has 1 unspecified atom stereocenters. The Morgan fingerprint density at radius 2 is 1.80 bits per heavy atom. The normalized spacial score (nSPS) is 12.9. The smallest absolute Gasteiger partial charge is 0.0558 e. The van der Waals surface area contributed by atoms with Gasteiger partial charge in [-0.15, -0.1) is 0 Å². The molecule has 2 N–H and O–H groups in total. The van der Waals surface area contributed by atoms with Crippen molar-refractivity contribution < 1.29 is 5.11 Å². The van der Waals surface area contributed by atoms with Crippen LogP contribution in [0.25, 0.3) is 0 Å². The van der Waals surface area contributed by atoms with Gasteiger partial charge in [0.15, 0.2) is 0 Å². The van der Waals surface area contributed by atoms with E-state index in [1.54, 1.807) is 0 Å². The summed E-state index contributed by atoms with van der Waals surface area (Å²) in [5.74, 6) is 0. The highest BCUT2D eigenvalue weighted by molar-refractivity contribution is 5.30. The number of likely N-dealkylation sites (N-methyl/N-ethyl adjacent to an activating group) is 1. The van der Waals surface area contributed by atoms with Crippen molar-refractivity contribution in [3.05, 3.63) is 34.9 Å². The van der Waals surface area contributed by atoms with Crippen molar-refractivity contribution in [1.82, 2.24) is 10.2 Å². The zero-order valence-corrected chi connectivity index (χ0v) is 13.4. The lowest BCUT2D eigenvalue weighted by Gasteiger charge is -2.23. The molecule has 0 saturated heterocycles. The minimum atomic E-state index is 0.229. The molecule has 0 fully saturated rings. The Kier molecular flexibility index (Phi) is 7.82. The van der Waals surface area contributed by atoms with E-state index < -0.39 is 0 Å². The van der Waals surface area contributed by atoms with Gasteiger partial charge in [0.05, 0.1) is 6.61 Å². The predicted octanol–water partition coefficient (Wildman–Crippen LogP) is 2.66. The van der Waals surface area contributed by atoms with Crippen LogP contribution in [-0.2, 0) is 0 Å². The number of hydrogen-bond donors (Lipinski definition) is 2. The molecule has 1 aromatic carbocycles. The highest BCUT2D eigenvalue weighted by atomic mass is 16.3. The summed E-state index contributed by atoms with van der Waals surface area (Å²) in [6.07, 6.45) is 2.22. The maximum atomic E-state index is 8.98. The minimum Gasteiger partial charge on any atom is -0.395 e. The summed E-state index contributed by atoms with van der Waals surface area (Å²) in [4.78, 5) is 2.18. The fourth-order valence-electron chi connectivity index (χ4n) is 2.55. The van der Waals surface area contributed by atoms with Gasteiger partial charge < -0.3 is 15.3 Å². The lowest BCUT2D eigenvalue weighted by molar-refractivity contribution is 0.215. The van der Waals surface area contributed by atoms with Gasteiger partial charge in [0.2, 0.25) is 0 Å². The maximum Gasteiger partial charge on any atom is 0.0558 e. The zero-order valence-electron chi connectivity index (χ0n) is 13.4. The number of aliphatic hydroxyl groups is 1. The third-order valence-corrected chi connectivity index (χ3v) is 3.57. The summed E-state index contributed by atoms with van der Waals surface area (Å²) < 4.78 is 0. The van der Waals surface area contributed by atoms with Crippen molar-refractivity contribution in [2.24, 2.45) is 0 Å². The highest BCUT2D eigenvalue weighted by Crippen LogP contribution is 2.20. The summed E-state index contributed by atoms with van der Waals surface area (Å²) in [7, 11) is 2.06. The van der Waals surface area contributed by atoms with Crippen LogP contribution in [0.3, 0.4) is 0 Å². The largest absolute Gasteiger partial charge is 0.395 e. The Balaban J connectivity index is 2.72. The molecule has 114 valence electrons. The van der Waals surface area contributed by atoms with Crippen LogP contribution >= 0.6 is 0 Å². The van der Waals surface area contributed by atoms with Crippen molar-refractivity contribution in [2.75, 3.05) is 33.3 Å². The quantitative estimate of drug-likeness (QED) is 0.729. The molecule has 0 spiro atoms. The second-order valence-corrected chi connectivity index (χ2v) is 5.74. The maximum absolute atomic E-state index is 8.98. The van der Waals surface area contributed by atoms with Crippen molar-refractivity contribution in [2.45, 2.75) is 39.7 Å². The fraction of sp³-hybridized carbons (Fsp3) is 0.647. The Labute approximate surface area is 124 Å². The molecule has 3 nitrogen and oxygen atoms in total. The molecule has 0 heterocycles. The predicted molar refractivity (Wildman–Crippen MR) is 86.2 cm³/mol. The van der Waals surface area contributed by atoms with Crippen LogP contribution in [0.5, 0.6) is 0 Å². The molecule has 3 heteroatoms. The number of aryl methyl sites for hydroxylation is 2. The summed E-state index contributed by atoms with van der Waals surface area (Å²) in [6.45, 7) is 9.52. The highest BCUT2D eigenvalue weighted by Gasteiger charge is 2.12. The Morgan fingerprint density at radius 1 is 1.15 bits per heavy atom. The molecular weight excluding hydrogens is 248 g/mol. The van der Waals surface area contributed by atoms with E-state index in [-0.39, 0.29) is 6.61 Å². The van der Waals surface area contributed by atoms with Gasteiger partial charge in [-0.2, -0.15) is 0 Å². The van der Waals surface area contributed by atoms with Gasteiger partial charge in [-0.05, 0) is 52.4 Å². The average molecular weight is 278 g/mol. The summed E-state index contributed by atoms with van der Waals surface area (Å²) in [6, 6.07) is 7.19. The van der Waals surface area contributed by atoms with E-state index in [9.17, 15) is 0 Å². The summed E-state index contributed by atoms with van der Waals surface area (Å²) >= 11 is 0. The first-order valence-corrected chi connectivity index (χ1v) is 7.67. The summed E-state index contributed by atoms with van der Waals surface area (Å²) in [5.41, 5.74) is 4.03. The standard InChI is InChI=1S/C17H30N2O/c1-5-7-18-17(6-8-19(4)9-10-20)16-12-14(2)11-15(3)13-16/h11-13,17-18,20H,5-10H2,1-4H3. The van der Waals surface area contributed by atoms with Crippen molar-refractivity contribution >= 4 is 0 Å². The number of aliphatic hydroxyl groups excluding tert-OH is 1. The third-order valence-electron chi connectivity index (χ3n) is 3.57. The molecule has 0 saturated carbocycles. The van der Waals surface area contributed by atoms with E-state index in [4.69, 9.17) is 5.11 Å². The SMILES string of the molecule is CCCNC(CCN(C)CCO)c1cc(C)cc(C)c1. The number of benzene rings is 1. The van der Waals surface area contributed by atoms with E-state index in [2.05, 4.69) is 56.2 Å². The van der Waals surface area contributed by atoms with E-state index in [0.29, 0.717) is 6.04 Å². The van der Waals surface area contributed by atoms with Crippen LogP contribution in [0.1, 0.15) is 42.5 Å². The fourth-order valence-corrected chi connectivity index (χ4v) is 2.55. The van der Waals surface area contributed by atoms with Gasteiger partial charge >= 0.3 is 0 Å². The number of nitrogens with one attached hydrogen (secondary N) is 1. The van der Waals surface area contributed by atoms with Crippen LogP contribution in [0.4, 0.5) is 0 Å². The van der Waals surface area contributed by atoms with Crippen LogP contribution in [0, 0.1) is 13.8 Å². The molecule has 1 rings (SSSR count). The lowest BCUT2D eigenvalue weighted by atomic mass is 9.98. The first-order chi connectivity index (χ1) is 9.56. The van der Waals surface area contributed by atoms with Gasteiger partial charge in [-0.1, -0.05) is 36.2 Å². The Morgan fingerprint density at radius 3 is 2.35 bits per heavy atom. The first-order valence-electron chi connectivity index (χ1n) is 7.67. The monoisotopic (exact) mass is 278 g/mol. The van der Waals surface area contributed by atoms with Gasteiger partial charge in [0.1, 0.15) is 0 Å². The van der Waals surface area contributed by atoms with Crippen molar-refractivity contribution in [1.29, 1.82) is 0 Å². The molecule has 0 radical (unpaired) electrons. The lowest BCUT2D eigenvalue weighted by Crippen LogP contribution is -2.29. The van der Waals surface area contributed by atoms with Crippen LogP contribution < -0.4 is 5.32 Å². The Bertz CT molecular complexity index is 372. The van der Waals surface area contributed by atoms with Gasteiger partial charge in [0, 0.05) is 12.6 Å². The molecule has 20 heavy (non-hydrogen) atoms. The molecule has 1 atom stereocenters. The van der Waals surface area contributed by atoms with Gasteiger partial charge in [-0.25, -0.2) is 0 Å².